The highest BCUT2D eigenvalue weighted by atomic mass is 16.6. The molecule has 6 heteroatoms. The summed E-state index contributed by atoms with van der Waals surface area (Å²) in [4.78, 5) is 23.7. The van der Waals surface area contributed by atoms with Gasteiger partial charge in [0, 0.05) is 11.4 Å². The van der Waals surface area contributed by atoms with Crippen LogP contribution >= 0.6 is 0 Å². The standard InChI is InChI=1S/C16H26O4.C10H15NO/c1-5-8-12(13(17)20-15(2,3)4)11-16(14(18)19)9-6-7-10-16;1-8(11-2)10(12)9-6-4-3-5-7-9/h5,12H,1,6-11H2,2-4H3,(H,18,19);3-8,10-12H,1-2H3/t12-;/m1./s1. The van der Waals surface area contributed by atoms with E-state index in [4.69, 9.17) is 4.74 Å². The summed E-state index contributed by atoms with van der Waals surface area (Å²) in [5.41, 5.74) is -0.450. The maximum atomic E-state index is 12.2. The van der Waals surface area contributed by atoms with Crippen molar-refractivity contribution < 1.29 is 29.9 Å². The summed E-state index contributed by atoms with van der Waals surface area (Å²) in [6, 6.07) is 9.96. The molecular formula is C26H41NO5. The molecule has 1 fully saturated rings. The van der Waals surface area contributed by atoms with Crippen LogP contribution in [0.2, 0.25) is 0 Å². The van der Waals surface area contributed by atoms with Gasteiger partial charge in [-0.25, -0.2) is 0 Å². The molecule has 0 heterocycles. The topological polar surface area (TPSA) is 103 Å². The van der Waals surface area contributed by atoms with Crippen molar-refractivity contribution in [1.82, 2.24) is 0 Å². The summed E-state index contributed by atoms with van der Waals surface area (Å²) in [5, 5.41) is 23.3. The first-order valence-electron chi connectivity index (χ1n) is 11.5. The van der Waals surface area contributed by atoms with Crippen LogP contribution in [0.25, 0.3) is 0 Å². The van der Waals surface area contributed by atoms with Crippen molar-refractivity contribution >= 4 is 11.9 Å². The average Bonchev–Trinajstić information content (AvgIpc) is 3.22. The number of rotatable bonds is 9. The molecule has 2 rings (SSSR count). The van der Waals surface area contributed by atoms with Gasteiger partial charge >= 0.3 is 5.97 Å². The maximum Gasteiger partial charge on any atom is 0.309 e. The van der Waals surface area contributed by atoms with Crippen molar-refractivity contribution in [2.75, 3.05) is 7.05 Å². The number of aliphatic hydroxyl groups is 1. The Kier molecular flexibility index (Phi) is 11.1. The molecule has 1 aromatic carbocycles. The Morgan fingerprint density at radius 3 is 2.25 bits per heavy atom. The van der Waals surface area contributed by atoms with Gasteiger partial charge in [-0.3, -0.25) is 4.79 Å². The summed E-state index contributed by atoms with van der Waals surface area (Å²) >= 11 is 0. The van der Waals surface area contributed by atoms with Crippen molar-refractivity contribution in [3.05, 3.63) is 48.6 Å². The van der Waals surface area contributed by atoms with E-state index in [1.165, 1.54) is 0 Å². The third kappa shape index (κ3) is 8.75. The Balaban J connectivity index is 0.000000363. The van der Waals surface area contributed by atoms with E-state index in [0.717, 1.165) is 18.4 Å². The second-order valence-electron chi connectivity index (χ2n) is 9.78. The lowest BCUT2D eigenvalue weighted by Gasteiger charge is -2.34. The first-order chi connectivity index (χ1) is 15.0. The lowest BCUT2D eigenvalue weighted by Crippen LogP contribution is -2.86. The van der Waals surface area contributed by atoms with E-state index in [0.29, 0.717) is 19.3 Å². The zero-order valence-electron chi connectivity index (χ0n) is 20.3. The molecule has 0 radical (unpaired) electrons. The average molecular weight is 448 g/mol. The number of aliphatic carboxylic acids is 1. The number of quaternary nitrogens is 1. The number of nitrogens with two attached hydrogens (primary N) is 1. The normalized spacial score (nSPS) is 17.9. The Labute approximate surface area is 193 Å². The van der Waals surface area contributed by atoms with E-state index in [-0.39, 0.29) is 24.5 Å². The molecule has 2 unspecified atom stereocenters. The highest BCUT2D eigenvalue weighted by Gasteiger charge is 2.40. The predicted octanol–water partition coefficient (Wildman–Crippen LogP) is 2.52. The number of aliphatic hydroxyl groups excluding tert-OH is 1. The smallest absolute Gasteiger partial charge is 0.309 e. The molecular weight excluding hydrogens is 406 g/mol. The quantitative estimate of drug-likeness (QED) is 0.447. The van der Waals surface area contributed by atoms with E-state index < -0.39 is 22.9 Å². The molecule has 32 heavy (non-hydrogen) atoms. The van der Waals surface area contributed by atoms with Gasteiger partial charge in [0.1, 0.15) is 17.7 Å². The highest BCUT2D eigenvalue weighted by Crippen LogP contribution is 2.43. The molecule has 3 atom stereocenters. The van der Waals surface area contributed by atoms with Crippen LogP contribution < -0.4 is 10.4 Å². The van der Waals surface area contributed by atoms with Gasteiger partial charge in [0.15, 0.2) is 0 Å². The fraction of sp³-hybridized carbons (Fsp3) is 0.615. The molecule has 0 aromatic heterocycles. The third-order valence-corrected chi connectivity index (χ3v) is 5.99. The van der Waals surface area contributed by atoms with Gasteiger partial charge < -0.3 is 25.1 Å². The van der Waals surface area contributed by atoms with E-state index in [1.54, 1.807) is 26.8 Å². The fourth-order valence-electron chi connectivity index (χ4n) is 4.00. The first-order valence-corrected chi connectivity index (χ1v) is 11.5. The lowest BCUT2D eigenvalue weighted by atomic mass is 9.76. The molecule has 0 saturated heterocycles. The second-order valence-corrected chi connectivity index (χ2v) is 9.78. The molecule has 1 aliphatic rings. The Hall–Kier alpha value is -2.18. The van der Waals surface area contributed by atoms with Crippen molar-refractivity contribution in [2.45, 2.75) is 84.0 Å². The minimum Gasteiger partial charge on any atom is -0.550 e. The second kappa shape index (κ2) is 12.8. The van der Waals surface area contributed by atoms with Crippen LogP contribution in [0.3, 0.4) is 0 Å². The molecule has 0 spiro atoms. The molecule has 1 aliphatic carbocycles. The van der Waals surface area contributed by atoms with Gasteiger partial charge in [-0.1, -0.05) is 49.2 Å². The van der Waals surface area contributed by atoms with Gasteiger partial charge in [0.2, 0.25) is 0 Å². The number of likely N-dealkylation sites (N-methyl/N-ethyl adjacent to an activating group) is 1. The van der Waals surface area contributed by atoms with Crippen LogP contribution in [0.5, 0.6) is 0 Å². The SMILES string of the molecule is C=CC[C@H](CC1(C(=O)[O-])CCCC1)C(=O)OC(C)(C)C.C[NH2+]C(C)C(O)c1ccccc1. The summed E-state index contributed by atoms with van der Waals surface area (Å²) in [7, 11) is 1.97. The maximum absolute atomic E-state index is 12.2. The number of carboxylic acids is 1. The van der Waals surface area contributed by atoms with Gasteiger partial charge in [-0.2, -0.15) is 0 Å². The number of esters is 1. The molecule has 0 aliphatic heterocycles. The van der Waals surface area contributed by atoms with E-state index in [9.17, 15) is 19.8 Å². The summed E-state index contributed by atoms with van der Waals surface area (Å²) in [6.07, 6.45) is 4.94. The predicted molar refractivity (Wildman–Crippen MR) is 123 cm³/mol. The zero-order chi connectivity index (χ0) is 24.4. The zero-order valence-corrected chi connectivity index (χ0v) is 20.3. The molecule has 180 valence electrons. The number of hydrogen-bond acceptors (Lipinski definition) is 5. The fourth-order valence-corrected chi connectivity index (χ4v) is 4.00. The number of carbonyl (C=O) groups is 2. The first kappa shape index (κ1) is 27.9. The van der Waals surface area contributed by atoms with Crippen molar-refractivity contribution in [2.24, 2.45) is 11.3 Å². The van der Waals surface area contributed by atoms with Gasteiger partial charge in [0.25, 0.3) is 0 Å². The highest BCUT2D eigenvalue weighted by molar-refractivity contribution is 5.77. The minimum atomic E-state index is -1.03. The summed E-state index contributed by atoms with van der Waals surface area (Å²) in [6.45, 7) is 11.1. The van der Waals surface area contributed by atoms with E-state index in [2.05, 4.69) is 6.58 Å². The molecule has 1 aromatic rings. The Morgan fingerprint density at radius 2 is 1.81 bits per heavy atom. The van der Waals surface area contributed by atoms with Gasteiger partial charge in [-0.05, 0) is 58.9 Å². The van der Waals surface area contributed by atoms with Gasteiger partial charge in [-0.15, -0.1) is 6.58 Å². The van der Waals surface area contributed by atoms with Crippen molar-refractivity contribution in [3.63, 3.8) is 0 Å². The Bertz CT molecular complexity index is 719. The summed E-state index contributed by atoms with van der Waals surface area (Å²) in [5.74, 6) is -1.83. The molecule has 0 amide bonds. The van der Waals surface area contributed by atoms with Crippen LogP contribution in [-0.4, -0.2) is 35.7 Å². The Morgan fingerprint density at radius 1 is 1.25 bits per heavy atom. The number of allylic oxidation sites excluding steroid dienone is 1. The van der Waals surface area contributed by atoms with Crippen LogP contribution in [0.15, 0.2) is 43.0 Å². The molecule has 3 N–H and O–H groups in total. The van der Waals surface area contributed by atoms with Crippen LogP contribution in [0.1, 0.15) is 77.9 Å². The summed E-state index contributed by atoms with van der Waals surface area (Å²) < 4.78 is 5.39. The molecule has 1 saturated carbocycles. The van der Waals surface area contributed by atoms with Crippen molar-refractivity contribution in [3.8, 4) is 0 Å². The number of ether oxygens (including phenoxy) is 1. The lowest BCUT2D eigenvalue weighted by molar-refractivity contribution is -0.669. The number of carboxylic acid groups (broad SMARTS) is 1. The van der Waals surface area contributed by atoms with E-state index >= 15 is 0 Å². The van der Waals surface area contributed by atoms with Crippen LogP contribution in [0, 0.1) is 11.3 Å². The largest absolute Gasteiger partial charge is 0.550 e. The van der Waals surface area contributed by atoms with Crippen LogP contribution in [-0.2, 0) is 14.3 Å². The van der Waals surface area contributed by atoms with Crippen molar-refractivity contribution in [1.29, 1.82) is 0 Å². The van der Waals surface area contributed by atoms with Crippen LogP contribution in [0.4, 0.5) is 0 Å². The minimum absolute atomic E-state index is 0.215. The number of hydrogen-bond donors (Lipinski definition) is 2. The monoisotopic (exact) mass is 447 g/mol. The van der Waals surface area contributed by atoms with Gasteiger partial charge in [0.05, 0.1) is 13.0 Å². The molecule has 6 nitrogen and oxygen atoms in total. The van der Waals surface area contributed by atoms with E-state index in [1.807, 2.05) is 49.6 Å². The number of benzene rings is 1. The third-order valence-electron chi connectivity index (χ3n) is 5.99. The molecule has 0 bridgehead atoms. The number of carbonyl (C=O) groups excluding carboxylic acids is 2.